The molecule has 30 heavy (non-hydrogen) atoms. The molecule has 6 nitrogen and oxygen atoms in total. The molecule has 0 saturated carbocycles. The van der Waals surface area contributed by atoms with Crippen molar-refractivity contribution < 1.29 is 9.18 Å². The van der Waals surface area contributed by atoms with Crippen molar-refractivity contribution in [3.63, 3.8) is 0 Å². The standard InChI is InChI=1S/C23H22FN5O/c1-15-10-16(14-29(15)23(30)17-2-4-19(24)5-3-17)13-28-9-8-21-22(28)7-6-20(27-21)18-11-25-26-12-18/h2-9,11-12,15-16H,10,13-14H2,1H3,(H,25,26)/t15-,16-/m0/s1. The number of carbonyl (C=O) groups excluding carboxylic acids is 1. The third-order valence-electron chi connectivity index (χ3n) is 5.89. The van der Waals surface area contributed by atoms with E-state index in [0.717, 1.165) is 35.3 Å². The SMILES string of the molecule is C[C@H]1C[C@@H](Cn2ccc3nc(-c4cn[nH]c4)ccc32)CN1C(=O)c1ccc(F)cc1. The lowest BCUT2D eigenvalue weighted by Gasteiger charge is -2.21. The van der Waals surface area contributed by atoms with E-state index in [2.05, 4.69) is 34.0 Å². The summed E-state index contributed by atoms with van der Waals surface area (Å²) in [6, 6.07) is 12.1. The first-order chi connectivity index (χ1) is 14.6. The summed E-state index contributed by atoms with van der Waals surface area (Å²) in [6.07, 6.45) is 6.59. The van der Waals surface area contributed by atoms with E-state index in [0.29, 0.717) is 18.0 Å². The fourth-order valence-electron chi connectivity index (χ4n) is 4.38. The molecule has 1 aliphatic heterocycles. The molecule has 7 heteroatoms. The van der Waals surface area contributed by atoms with Crippen LogP contribution in [-0.4, -0.2) is 43.1 Å². The number of hydrogen-bond acceptors (Lipinski definition) is 3. The summed E-state index contributed by atoms with van der Waals surface area (Å²) < 4.78 is 15.4. The monoisotopic (exact) mass is 403 g/mol. The number of pyridine rings is 1. The van der Waals surface area contributed by atoms with E-state index in [1.54, 1.807) is 18.3 Å². The Labute approximate surface area is 173 Å². The Morgan fingerprint density at radius 3 is 2.80 bits per heavy atom. The predicted octanol–water partition coefficient (Wildman–Crippen LogP) is 4.12. The molecule has 2 atom stereocenters. The Morgan fingerprint density at radius 1 is 1.20 bits per heavy atom. The van der Waals surface area contributed by atoms with Crippen LogP contribution in [0.25, 0.3) is 22.3 Å². The lowest BCUT2D eigenvalue weighted by molar-refractivity contribution is 0.0742. The number of rotatable bonds is 4. The molecule has 4 aromatic rings. The maximum atomic E-state index is 13.2. The fraction of sp³-hybridized carbons (Fsp3) is 0.261. The molecular formula is C23H22FN5O. The van der Waals surface area contributed by atoms with Gasteiger partial charge >= 0.3 is 0 Å². The second-order valence-corrected chi connectivity index (χ2v) is 7.97. The Balaban J connectivity index is 1.32. The van der Waals surface area contributed by atoms with Gasteiger partial charge in [-0.1, -0.05) is 0 Å². The molecule has 0 radical (unpaired) electrons. The van der Waals surface area contributed by atoms with Gasteiger partial charge in [0.1, 0.15) is 5.82 Å². The highest BCUT2D eigenvalue weighted by Gasteiger charge is 2.33. The van der Waals surface area contributed by atoms with Gasteiger partial charge in [-0.3, -0.25) is 9.89 Å². The van der Waals surface area contributed by atoms with Crippen molar-refractivity contribution in [1.29, 1.82) is 0 Å². The quantitative estimate of drug-likeness (QED) is 0.557. The third-order valence-corrected chi connectivity index (χ3v) is 5.89. The number of amides is 1. The van der Waals surface area contributed by atoms with Gasteiger partial charge in [0.25, 0.3) is 5.91 Å². The van der Waals surface area contributed by atoms with E-state index in [-0.39, 0.29) is 17.8 Å². The number of nitrogens with zero attached hydrogens (tertiary/aromatic N) is 4. The number of likely N-dealkylation sites (tertiary alicyclic amines) is 1. The minimum atomic E-state index is -0.331. The highest BCUT2D eigenvalue weighted by atomic mass is 19.1. The molecule has 1 N–H and O–H groups in total. The van der Waals surface area contributed by atoms with Crippen LogP contribution >= 0.6 is 0 Å². The van der Waals surface area contributed by atoms with Gasteiger partial charge in [0, 0.05) is 42.7 Å². The van der Waals surface area contributed by atoms with Crippen molar-refractivity contribution in [3.8, 4) is 11.3 Å². The van der Waals surface area contributed by atoms with E-state index in [1.165, 1.54) is 12.1 Å². The zero-order valence-corrected chi connectivity index (χ0v) is 16.6. The highest BCUT2D eigenvalue weighted by Crippen LogP contribution is 2.28. The van der Waals surface area contributed by atoms with Gasteiger partial charge in [-0.25, -0.2) is 9.37 Å². The molecule has 152 valence electrons. The smallest absolute Gasteiger partial charge is 0.254 e. The van der Waals surface area contributed by atoms with E-state index >= 15 is 0 Å². The summed E-state index contributed by atoms with van der Waals surface area (Å²) in [6.45, 7) is 3.60. The number of benzene rings is 1. The summed E-state index contributed by atoms with van der Waals surface area (Å²) in [7, 11) is 0. The zero-order chi connectivity index (χ0) is 20.7. The van der Waals surface area contributed by atoms with Gasteiger partial charge in [0.05, 0.1) is 22.9 Å². The Hall–Kier alpha value is -3.48. The second-order valence-electron chi connectivity index (χ2n) is 7.97. The molecule has 1 aliphatic rings. The Morgan fingerprint density at radius 2 is 2.03 bits per heavy atom. The van der Waals surface area contributed by atoms with Crippen molar-refractivity contribution in [1.82, 2.24) is 24.6 Å². The number of halogens is 1. The van der Waals surface area contributed by atoms with Crippen LogP contribution in [0.1, 0.15) is 23.7 Å². The Bertz CT molecular complexity index is 1180. The third kappa shape index (κ3) is 3.36. The molecule has 1 fully saturated rings. The van der Waals surface area contributed by atoms with Gasteiger partial charge in [0.2, 0.25) is 0 Å². The number of H-pyrrole nitrogens is 1. The van der Waals surface area contributed by atoms with Crippen molar-refractivity contribution >= 4 is 16.9 Å². The number of aromatic amines is 1. The van der Waals surface area contributed by atoms with Crippen LogP contribution in [0.2, 0.25) is 0 Å². The summed E-state index contributed by atoms with van der Waals surface area (Å²) >= 11 is 0. The summed E-state index contributed by atoms with van der Waals surface area (Å²) in [4.78, 5) is 19.5. The molecule has 5 rings (SSSR count). The summed E-state index contributed by atoms with van der Waals surface area (Å²) in [5.41, 5.74) is 4.41. The topological polar surface area (TPSA) is 66.8 Å². The van der Waals surface area contributed by atoms with Crippen LogP contribution in [0, 0.1) is 11.7 Å². The van der Waals surface area contributed by atoms with Gasteiger partial charge in [-0.15, -0.1) is 0 Å². The van der Waals surface area contributed by atoms with Crippen molar-refractivity contribution in [2.24, 2.45) is 5.92 Å². The van der Waals surface area contributed by atoms with E-state index in [4.69, 9.17) is 4.98 Å². The van der Waals surface area contributed by atoms with Crippen LogP contribution in [0.15, 0.2) is 61.1 Å². The highest BCUT2D eigenvalue weighted by molar-refractivity contribution is 5.94. The average molecular weight is 403 g/mol. The number of hydrogen-bond donors (Lipinski definition) is 1. The lowest BCUT2D eigenvalue weighted by Crippen LogP contribution is -2.34. The maximum Gasteiger partial charge on any atom is 0.254 e. The van der Waals surface area contributed by atoms with Gasteiger partial charge in [-0.2, -0.15) is 5.10 Å². The fourth-order valence-corrected chi connectivity index (χ4v) is 4.38. The van der Waals surface area contributed by atoms with Crippen LogP contribution < -0.4 is 0 Å². The van der Waals surface area contributed by atoms with Crippen molar-refractivity contribution in [3.05, 3.63) is 72.4 Å². The van der Waals surface area contributed by atoms with Crippen molar-refractivity contribution in [2.45, 2.75) is 25.9 Å². The van der Waals surface area contributed by atoms with Crippen LogP contribution in [-0.2, 0) is 6.54 Å². The molecule has 1 saturated heterocycles. The first-order valence-corrected chi connectivity index (χ1v) is 10.1. The zero-order valence-electron chi connectivity index (χ0n) is 16.6. The largest absolute Gasteiger partial charge is 0.346 e. The molecule has 1 aromatic carbocycles. The summed E-state index contributed by atoms with van der Waals surface area (Å²) in [5, 5.41) is 6.80. The average Bonchev–Trinajstić information content (AvgIpc) is 3.49. The molecular weight excluding hydrogens is 381 g/mol. The van der Waals surface area contributed by atoms with Crippen molar-refractivity contribution in [2.75, 3.05) is 6.54 Å². The van der Waals surface area contributed by atoms with Crippen LogP contribution in [0.5, 0.6) is 0 Å². The Kier molecular flexibility index (Phi) is 4.58. The van der Waals surface area contributed by atoms with Gasteiger partial charge in [-0.05, 0) is 61.7 Å². The molecule has 4 heterocycles. The van der Waals surface area contributed by atoms with E-state index in [9.17, 15) is 9.18 Å². The summed E-state index contributed by atoms with van der Waals surface area (Å²) in [5.74, 6) is -0.00903. The predicted molar refractivity (Wildman–Crippen MR) is 112 cm³/mol. The molecule has 0 aliphatic carbocycles. The minimum Gasteiger partial charge on any atom is -0.346 e. The lowest BCUT2D eigenvalue weighted by atomic mass is 10.1. The molecule has 0 bridgehead atoms. The van der Waals surface area contributed by atoms with Crippen LogP contribution in [0.4, 0.5) is 4.39 Å². The van der Waals surface area contributed by atoms with Gasteiger partial charge in [0.15, 0.2) is 0 Å². The number of carbonyl (C=O) groups is 1. The number of aromatic nitrogens is 4. The number of nitrogens with one attached hydrogen (secondary N) is 1. The normalized spacial score (nSPS) is 18.9. The first-order valence-electron chi connectivity index (χ1n) is 10.1. The van der Waals surface area contributed by atoms with E-state index < -0.39 is 0 Å². The van der Waals surface area contributed by atoms with Gasteiger partial charge < -0.3 is 9.47 Å². The maximum absolute atomic E-state index is 13.2. The van der Waals surface area contributed by atoms with E-state index in [1.807, 2.05) is 23.2 Å². The second kappa shape index (κ2) is 7.40. The minimum absolute atomic E-state index is 0.0335. The molecule has 1 amide bonds. The molecule has 0 spiro atoms. The van der Waals surface area contributed by atoms with Crippen LogP contribution in [0.3, 0.4) is 0 Å². The molecule has 3 aromatic heterocycles. The molecule has 0 unspecified atom stereocenters. The number of fused-ring (bicyclic) bond motifs is 1. The first kappa shape index (κ1) is 18.5.